The van der Waals surface area contributed by atoms with Crippen molar-refractivity contribution in [2.24, 2.45) is 5.92 Å². The number of hydrogen-bond acceptors (Lipinski definition) is 3. The van der Waals surface area contributed by atoms with Gasteiger partial charge in [0.05, 0.1) is 6.61 Å². The van der Waals surface area contributed by atoms with Crippen molar-refractivity contribution in [1.82, 2.24) is 0 Å². The van der Waals surface area contributed by atoms with Crippen molar-refractivity contribution in [2.45, 2.75) is 25.9 Å². The molecule has 1 heterocycles. The highest BCUT2D eigenvalue weighted by Gasteiger charge is 2.27. The van der Waals surface area contributed by atoms with Crippen LogP contribution in [0.2, 0.25) is 5.02 Å². The van der Waals surface area contributed by atoms with Crippen LogP contribution >= 0.6 is 11.6 Å². The molecule has 2 unspecified atom stereocenters. The van der Waals surface area contributed by atoms with Gasteiger partial charge in [-0.3, -0.25) is 4.79 Å². The second-order valence-corrected chi connectivity index (χ2v) is 4.97. The molecule has 2 rings (SSSR count). The summed E-state index contributed by atoms with van der Waals surface area (Å²) in [6.45, 7) is 3.05. The fourth-order valence-electron chi connectivity index (χ4n) is 2.10. The Kier molecular flexibility index (Phi) is 4.61. The minimum atomic E-state index is -0.463. The van der Waals surface area contributed by atoms with E-state index in [9.17, 15) is 4.79 Å². The van der Waals surface area contributed by atoms with Gasteiger partial charge < -0.3 is 9.47 Å². The molecule has 4 heteroatoms. The van der Waals surface area contributed by atoms with E-state index in [1.165, 1.54) is 0 Å². The molecule has 0 N–H and O–H groups in total. The first-order valence-corrected chi connectivity index (χ1v) is 6.58. The van der Waals surface area contributed by atoms with Crippen molar-refractivity contribution < 1.29 is 14.3 Å². The molecule has 1 aromatic rings. The first-order valence-electron chi connectivity index (χ1n) is 6.20. The third-order valence-electron chi connectivity index (χ3n) is 3.07. The highest BCUT2D eigenvalue weighted by atomic mass is 35.5. The maximum Gasteiger partial charge on any atom is 0.178 e. The molecule has 0 aromatic heterocycles. The summed E-state index contributed by atoms with van der Waals surface area (Å²) in [4.78, 5) is 12.1. The standard InChI is InChI=1S/C14H17ClO3/c1-10(14(16)11-4-3-7-17-9-11)18-13-6-2-5-12(15)8-13/h2,5-6,8,10-11H,3-4,7,9H2,1H3. The average Bonchev–Trinajstić information content (AvgIpc) is 2.39. The summed E-state index contributed by atoms with van der Waals surface area (Å²) in [6, 6.07) is 7.09. The molecule has 0 radical (unpaired) electrons. The Hall–Kier alpha value is -1.06. The fourth-order valence-corrected chi connectivity index (χ4v) is 2.28. The number of rotatable bonds is 4. The molecular weight excluding hydrogens is 252 g/mol. The third-order valence-corrected chi connectivity index (χ3v) is 3.31. The van der Waals surface area contributed by atoms with Crippen LogP contribution in [0.5, 0.6) is 5.75 Å². The Labute approximate surface area is 112 Å². The van der Waals surface area contributed by atoms with Crippen LogP contribution in [-0.2, 0) is 9.53 Å². The molecule has 1 aliphatic heterocycles. The molecule has 18 heavy (non-hydrogen) atoms. The lowest BCUT2D eigenvalue weighted by Gasteiger charge is -2.24. The molecule has 2 atom stereocenters. The predicted octanol–water partition coefficient (Wildman–Crippen LogP) is 3.10. The van der Waals surface area contributed by atoms with Gasteiger partial charge in [-0.25, -0.2) is 0 Å². The number of Topliss-reactive ketones (excluding diaryl/α,β-unsaturated/α-hetero) is 1. The lowest BCUT2D eigenvalue weighted by molar-refractivity contribution is -0.133. The first-order chi connectivity index (χ1) is 8.66. The zero-order valence-corrected chi connectivity index (χ0v) is 11.2. The number of carbonyl (C=O) groups is 1. The van der Waals surface area contributed by atoms with Gasteiger partial charge in [0.25, 0.3) is 0 Å². The number of ketones is 1. The van der Waals surface area contributed by atoms with Gasteiger partial charge in [0.2, 0.25) is 0 Å². The van der Waals surface area contributed by atoms with E-state index in [2.05, 4.69) is 0 Å². The Balaban J connectivity index is 1.94. The van der Waals surface area contributed by atoms with E-state index >= 15 is 0 Å². The van der Waals surface area contributed by atoms with Crippen LogP contribution < -0.4 is 4.74 Å². The molecule has 0 aliphatic carbocycles. The van der Waals surface area contributed by atoms with E-state index in [0.717, 1.165) is 19.4 Å². The molecule has 1 saturated heterocycles. The van der Waals surface area contributed by atoms with Gasteiger partial charge >= 0.3 is 0 Å². The number of carbonyl (C=O) groups excluding carboxylic acids is 1. The second kappa shape index (κ2) is 6.21. The normalized spacial score (nSPS) is 21.3. The maximum absolute atomic E-state index is 12.1. The fraction of sp³-hybridized carbons (Fsp3) is 0.500. The number of hydrogen-bond donors (Lipinski definition) is 0. The Bertz CT molecular complexity index is 413. The smallest absolute Gasteiger partial charge is 0.178 e. The van der Waals surface area contributed by atoms with Crippen molar-refractivity contribution in [3.63, 3.8) is 0 Å². The van der Waals surface area contributed by atoms with E-state index < -0.39 is 6.10 Å². The largest absolute Gasteiger partial charge is 0.483 e. The van der Waals surface area contributed by atoms with Crippen LogP contribution in [0.3, 0.4) is 0 Å². The number of halogens is 1. The zero-order chi connectivity index (χ0) is 13.0. The molecule has 0 spiro atoms. The molecule has 1 aromatic carbocycles. The molecule has 0 amide bonds. The lowest BCUT2D eigenvalue weighted by Crippen LogP contribution is -2.35. The van der Waals surface area contributed by atoms with Crippen LogP contribution in [0.4, 0.5) is 0 Å². The summed E-state index contributed by atoms with van der Waals surface area (Å²) >= 11 is 5.87. The Morgan fingerprint density at radius 3 is 3.06 bits per heavy atom. The number of ether oxygens (including phenoxy) is 2. The SMILES string of the molecule is CC(Oc1cccc(Cl)c1)C(=O)C1CCCOC1. The summed E-state index contributed by atoms with van der Waals surface area (Å²) in [7, 11) is 0. The van der Waals surface area contributed by atoms with E-state index in [4.69, 9.17) is 21.1 Å². The molecule has 1 fully saturated rings. The molecule has 98 valence electrons. The van der Waals surface area contributed by atoms with Crippen molar-refractivity contribution in [1.29, 1.82) is 0 Å². The van der Waals surface area contributed by atoms with E-state index in [0.29, 0.717) is 17.4 Å². The highest BCUT2D eigenvalue weighted by Crippen LogP contribution is 2.21. The van der Waals surface area contributed by atoms with E-state index in [1.54, 1.807) is 31.2 Å². The number of benzene rings is 1. The van der Waals surface area contributed by atoms with Crippen LogP contribution in [0.25, 0.3) is 0 Å². The summed E-state index contributed by atoms with van der Waals surface area (Å²) in [5.41, 5.74) is 0. The third kappa shape index (κ3) is 3.47. The average molecular weight is 269 g/mol. The summed E-state index contributed by atoms with van der Waals surface area (Å²) < 4.78 is 10.9. The summed E-state index contributed by atoms with van der Waals surface area (Å²) in [5.74, 6) is 0.697. The van der Waals surface area contributed by atoms with Gasteiger partial charge in [-0.05, 0) is 38.0 Å². The van der Waals surface area contributed by atoms with Crippen LogP contribution in [0, 0.1) is 5.92 Å². The van der Waals surface area contributed by atoms with E-state index in [1.807, 2.05) is 0 Å². The predicted molar refractivity (Wildman–Crippen MR) is 70.1 cm³/mol. The lowest BCUT2D eigenvalue weighted by atomic mass is 9.94. The van der Waals surface area contributed by atoms with Gasteiger partial charge in [-0.2, -0.15) is 0 Å². The summed E-state index contributed by atoms with van der Waals surface area (Å²) in [6.07, 6.45) is 1.37. The van der Waals surface area contributed by atoms with Crippen LogP contribution in [0.15, 0.2) is 24.3 Å². The van der Waals surface area contributed by atoms with Gasteiger partial charge in [0.1, 0.15) is 5.75 Å². The van der Waals surface area contributed by atoms with Gasteiger partial charge in [-0.15, -0.1) is 0 Å². The van der Waals surface area contributed by atoms with Crippen molar-refractivity contribution in [3.8, 4) is 5.75 Å². The second-order valence-electron chi connectivity index (χ2n) is 4.53. The topological polar surface area (TPSA) is 35.5 Å². The molecule has 0 bridgehead atoms. The van der Waals surface area contributed by atoms with Gasteiger partial charge in [-0.1, -0.05) is 17.7 Å². The maximum atomic E-state index is 12.1. The summed E-state index contributed by atoms with van der Waals surface area (Å²) in [5, 5.41) is 0.605. The molecule has 1 aliphatic rings. The molecule has 3 nitrogen and oxygen atoms in total. The Morgan fingerprint density at radius 2 is 2.39 bits per heavy atom. The van der Waals surface area contributed by atoms with Gasteiger partial charge in [0.15, 0.2) is 11.9 Å². The van der Waals surface area contributed by atoms with Gasteiger partial charge in [0, 0.05) is 17.5 Å². The highest BCUT2D eigenvalue weighted by molar-refractivity contribution is 6.30. The Morgan fingerprint density at radius 1 is 1.56 bits per heavy atom. The zero-order valence-electron chi connectivity index (χ0n) is 10.4. The quantitative estimate of drug-likeness (QED) is 0.842. The van der Waals surface area contributed by atoms with Crippen molar-refractivity contribution >= 4 is 17.4 Å². The molecule has 0 saturated carbocycles. The first kappa shape index (κ1) is 13.4. The molecular formula is C14H17ClO3. The minimum absolute atomic E-state index is 0.0343. The van der Waals surface area contributed by atoms with Crippen LogP contribution in [0.1, 0.15) is 19.8 Å². The monoisotopic (exact) mass is 268 g/mol. The van der Waals surface area contributed by atoms with Crippen molar-refractivity contribution in [2.75, 3.05) is 13.2 Å². The van der Waals surface area contributed by atoms with Crippen molar-refractivity contribution in [3.05, 3.63) is 29.3 Å². The minimum Gasteiger partial charge on any atom is -0.483 e. The van der Waals surface area contributed by atoms with E-state index in [-0.39, 0.29) is 11.7 Å². The van der Waals surface area contributed by atoms with Crippen LogP contribution in [-0.4, -0.2) is 25.1 Å².